The molecular formula is C27H28FN3O2. The Balaban J connectivity index is 1.48. The largest absolute Gasteiger partial charge is 0.399 e. The van der Waals surface area contributed by atoms with Crippen LogP contribution >= 0.6 is 0 Å². The highest BCUT2D eigenvalue weighted by Gasteiger charge is 2.27. The Morgan fingerprint density at radius 2 is 1.73 bits per heavy atom. The summed E-state index contributed by atoms with van der Waals surface area (Å²) in [7, 11) is 0. The van der Waals surface area contributed by atoms with E-state index >= 15 is 0 Å². The van der Waals surface area contributed by atoms with Gasteiger partial charge in [0.2, 0.25) is 0 Å². The van der Waals surface area contributed by atoms with Crippen molar-refractivity contribution in [2.75, 3.05) is 29.0 Å². The summed E-state index contributed by atoms with van der Waals surface area (Å²) in [6.45, 7) is 3.50. The maximum Gasteiger partial charge on any atom is 0.256 e. The van der Waals surface area contributed by atoms with Gasteiger partial charge in [-0.15, -0.1) is 0 Å². The van der Waals surface area contributed by atoms with Crippen LogP contribution in [0.3, 0.4) is 0 Å². The fraction of sp³-hybridized carbons (Fsp3) is 0.259. The number of nitrogens with two attached hydrogens (primary N) is 1. The first-order valence-corrected chi connectivity index (χ1v) is 11.3. The van der Waals surface area contributed by atoms with E-state index in [-0.39, 0.29) is 23.4 Å². The van der Waals surface area contributed by atoms with Gasteiger partial charge >= 0.3 is 0 Å². The predicted molar refractivity (Wildman–Crippen MR) is 130 cm³/mol. The second-order valence-electron chi connectivity index (χ2n) is 8.37. The number of nitrogens with zero attached hydrogens (tertiary/aromatic N) is 1. The van der Waals surface area contributed by atoms with Gasteiger partial charge < -0.3 is 16.0 Å². The molecule has 1 fully saturated rings. The van der Waals surface area contributed by atoms with E-state index < -0.39 is 0 Å². The lowest BCUT2D eigenvalue weighted by molar-refractivity contribution is 0.0900. The van der Waals surface area contributed by atoms with Crippen molar-refractivity contribution in [1.82, 2.24) is 0 Å². The Kier molecular flexibility index (Phi) is 6.73. The molecule has 0 saturated carbocycles. The van der Waals surface area contributed by atoms with Gasteiger partial charge in [0.15, 0.2) is 5.78 Å². The number of rotatable bonds is 6. The number of halogens is 1. The average molecular weight is 446 g/mol. The second-order valence-corrected chi connectivity index (χ2v) is 8.37. The molecule has 0 atom stereocenters. The molecule has 1 saturated heterocycles. The van der Waals surface area contributed by atoms with Crippen molar-refractivity contribution in [2.24, 2.45) is 5.92 Å². The van der Waals surface area contributed by atoms with Gasteiger partial charge in [-0.1, -0.05) is 19.1 Å². The maximum absolute atomic E-state index is 13.2. The number of piperidine rings is 1. The van der Waals surface area contributed by atoms with E-state index in [2.05, 4.69) is 10.2 Å². The molecule has 3 aromatic carbocycles. The molecule has 33 heavy (non-hydrogen) atoms. The van der Waals surface area contributed by atoms with Gasteiger partial charge in [-0.05, 0) is 79.4 Å². The molecule has 3 N–H and O–H groups in total. The molecule has 0 unspecified atom stereocenters. The Morgan fingerprint density at radius 3 is 2.39 bits per heavy atom. The summed E-state index contributed by atoms with van der Waals surface area (Å²) < 4.78 is 13.2. The number of hydrogen-bond donors (Lipinski definition) is 2. The highest BCUT2D eigenvalue weighted by atomic mass is 19.1. The number of carbonyl (C=O) groups is 2. The van der Waals surface area contributed by atoms with Gasteiger partial charge in [-0.3, -0.25) is 9.59 Å². The molecule has 1 aliphatic heterocycles. The minimum Gasteiger partial charge on any atom is -0.399 e. The number of Topliss-reactive ketones (excluding diaryl/α,β-unsaturated/α-hetero) is 1. The average Bonchev–Trinajstić information content (AvgIpc) is 2.83. The zero-order valence-electron chi connectivity index (χ0n) is 18.7. The Morgan fingerprint density at radius 1 is 1.03 bits per heavy atom. The number of amides is 1. The fourth-order valence-corrected chi connectivity index (χ4v) is 4.50. The van der Waals surface area contributed by atoms with Crippen LogP contribution in [0, 0.1) is 11.7 Å². The molecular weight excluding hydrogens is 417 g/mol. The Labute approximate surface area is 193 Å². The summed E-state index contributed by atoms with van der Waals surface area (Å²) in [6.07, 6.45) is 2.16. The standard InChI is InChI=1S/C27H28FN3O2/c1-2-23-24(27(33)30-22-6-3-5-21(29)17-22)7-4-8-25(23)31-15-13-19(14-16-31)26(32)18-9-11-20(28)12-10-18/h3-12,17,19H,2,13-16,29H2,1H3,(H,30,33). The quantitative estimate of drug-likeness (QED) is 0.398. The van der Waals surface area contributed by atoms with Crippen molar-refractivity contribution in [2.45, 2.75) is 26.2 Å². The summed E-state index contributed by atoms with van der Waals surface area (Å²) in [4.78, 5) is 28.1. The number of benzene rings is 3. The lowest BCUT2D eigenvalue weighted by atomic mass is 9.88. The molecule has 3 aromatic rings. The van der Waals surface area contributed by atoms with Gasteiger partial charge in [0.25, 0.3) is 5.91 Å². The lowest BCUT2D eigenvalue weighted by Crippen LogP contribution is -2.37. The van der Waals surface area contributed by atoms with Gasteiger partial charge in [-0.25, -0.2) is 4.39 Å². The summed E-state index contributed by atoms with van der Waals surface area (Å²) in [5, 5.41) is 2.94. The predicted octanol–water partition coefficient (Wildman–Crippen LogP) is 5.32. The Hall–Kier alpha value is -3.67. The van der Waals surface area contributed by atoms with Crippen molar-refractivity contribution in [1.29, 1.82) is 0 Å². The first-order chi connectivity index (χ1) is 16.0. The normalized spacial score (nSPS) is 14.2. The third-order valence-electron chi connectivity index (χ3n) is 6.23. The zero-order valence-corrected chi connectivity index (χ0v) is 18.7. The minimum absolute atomic E-state index is 0.0700. The summed E-state index contributed by atoms with van der Waals surface area (Å²) in [5.74, 6) is -0.513. The first kappa shape index (κ1) is 22.5. The zero-order chi connectivity index (χ0) is 23.4. The van der Waals surface area contributed by atoms with E-state index in [1.54, 1.807) is 30.3 Å². The molecule has 1 amide bonds. The summed E-state index contributed by atoms with van der Waals surface area (Å²) >= 11 is 0. The van der Waals surface area contributed by atoms with Gasteiger partial charge in [0.05, 0.1) is 0 Å². The van der Waals surface area contributed by atoms with Gasteiger partial charge in [-0.2, -0.15) is 0 Å². The number of carbonyl (C=O) groups excluding carboxylic acids is 2. The van der Waals surface area contributed by atoms with Crippen molar-refractivity contribution in [3.8, 4) is 0 Å². The van der Waals surface area contributed by atoms with Crippen LogP contribution in [0.1, 0.15) is 46.0 Å². The molecule has 1 aliphatic rings. The third-order valence-corrected chi connectivity index (χ3v) is 6.23. The molecule has 5 nitrogen and oxygen atoms in total. The summed E-state index contributed by atoms with van der Waals surface area (Å²) in [6, 6.07) is 18.7. The molecule has 0 aromatic heterocycles. The van der Waals surface area contributed by atoms with Crippen molar-refractivity contribution in [3.63, 3.8) is 0 Å². The monoisotopic (exact) mass is 445 g/mol. The molecule has 0 radical (unpaired) electrons. The van der Waals surface area contributed by atoms with Crippen LogP contribution in [0.15, 0.2) is 66.7 Å². The second kappa shape index (κ2) is 9.86. The molecule has 4 rings (SSSR count). The van der Waals surface area contributed by atoms with E-state index in [1.165, 1.54) is 12.1 Å². The number of nitrogen functional groups attached to an aromatic ring is 1. The number of anilines is 3. The lowest BCUT2D eigenvalue weighted by Gasteiger charge is -2.34. The molecule has 0 aliphatic carbocycles. The van der Waals surface area contributed by atoms with E-state index in [4.69, 9.17) is 5.73 Å². The van der Waals surface area contributed by atoms with Crippen LogP contribution in [-0.2, 0) is 6.42 Å². The first-order valence-electron chi connectivity index (χ1n) is 11.3. The van der Waals surface area contributed by atoms with Crippen LogP contribution < -0.4 is 16.0 Å². The van der Waals surface area contributed by atoms with E-state index in [1.807, 2.05) is 31.2 Å². The van der Waals surface area contributed by atoms with Crippen LogP contribution in [-0.4, -0.2) is 24.8 Å². The molecule has 170 valence electrons. The molecule has 0 bridgehead atoms. The molecule has 0 spiro atoms. The minimum atomic E-state index is -0.340. The number of ketones is 1. The SMILES string of the molecule is CCc1c(C(=O)Nc2cccc(N)c2)cccc1N1CCC(C(=O)c2ccc(F)cc2)CC1. The highest BCUT2D eigenvalue weighted by molar-refractivity contribution is 6.06. The van der Waals surface area contributed by atoms with Gasteiger partial charge in [0.1, 0.15) is 5.82 Å². The number of nitrogens with one attached hydrogen (secondary N) is 1. The van der Waals surface area contributed by atoms with E-state index in [0.29, 0.717) is 28.9 Å². The van der Waals surface area contributed by atoms with Crippen molar-refractivity contribution >= 4 is 28.8 Å². The topological polar surface area (TPSA) is 75.4 Å². The molecule has 6 heteroatoms. The summed E-state index contributed by atoms with van der Waals surface area (Å²) in [5.41, 5.74) is 10.3. The highest BCUT2D eigenvalue weighted by Crippen LogP contribution is 2.31. The fourth-order valence-electron chi connectivity index (χ4n) is 4.50. The van der Waals surface area contributed by atoms with Crippen LogP contribution in [0.2, 0.25) is 0 Å². The Bertz CT molecular complexity index is 1150. The van der Waals surface area contributed by atoms with E-state index in [9.17, 15) is 14.0 Å². The smallest absolute Gasteiger partial charge is 0.256 e. The van der Waals surface area contributed by atoms with Crippen molar-refractivity contribution in [3.05, 3.63) is 89.2 Å². The van der Waals surface area contributed by atoms with Crippen LogP contribution in [0.4, 0.5) is 21.5 Å². The number of hydrogen-bond acceptors (Lipinski definition) is 4. The van der Waals surface area contributed by atoms with E-state index in [0.717, 1.165) is 37.2 Å². The van der Waals surface area contributed by atoms with Crippen LogP contribution in [0.5, 0.6) is 0 Å². The van der Waals surface area contributed by atoms with Gasteiger partial charge in [0, 0.05) is 47.2 Å². The third kappa shape index (κ3) is 5.06. The maximum atomic E-state index is 13.2. The van der Waals surface area contributed by atoms with Crippen molar-refractivity contribution < 1.29 is 14.0 Å². The molecule has 1 heterocycles. The van der Waals surface area contributed by atoms with Crippen LogP contribution in [0.25, 0.3) is 0 Å².